The molecule has 1 atom stereocenters. The van der Waals surface area contributed by atoms with Gasteiger partial charge in [0.25, 0.3) is 0 Å². The topological polar surface area (TPSA) is 51.0 Å². The Balaban J connectivity index is 1.68. The summed E-state index contributed by atoms with van der Waals surface area (Å²) in [6.45, 7) is 2.80. The third-order valence-corrected chi connectivity index (χ3v) is 5.27. The smallest absolute Gasteiger partial charge is 0.226 e. The molecule has 112 valence electrons. The monoisotopic (exact) mass is 304 g/mol. The van der Waals surface area contributed by atoms with Crippen LogP contribution in [0.2, 0.25) is 0 Å². The summed E-state index contributed by atoms with van der Waals surface area (Å²) in [4.78, 5) is 15.8. The fraction of sp³-hybridized carbons (Fsp3) is 0.533. The van der Waals surface area contributed by atoms with Gasteiger partial charge in [-0.3, -0.25) is 9.48 Å². The van der Waals surface area contributed by atoms with Crippen molar-refractivity contribution < 1.29 is 4.79 Å². The Hall–Kier alpha value is -1.69. The molecule has 0 radical (unpaired) electrons. The van der Waals surface area contributed by atoms with Crippen LogP contribution in [0.1, 0.15) is 28.2 Å². The van der Waals surface area contributed by atoms with Gasteiger partial charge in [-0.25, -0.2) is 0 Å². The molecule has 0 bridgehead atoms. The van der Waals surface area contributed by atoms with Gasteiger partial charge in [-0.05, 0) is 36.8 Å². The van der Waals surface area contributed by atoms with Gasteiger partial charge in [-0.2, -0.15) is 0 Å². The van der Waals surface area contributed by atoms with Crippen molar-refractivity contribution in [2.24, 2.45) is 13.0 Å². The number of hydrogen-bond acceptors (Lipinski definition) is 4. The molecule has 0 N–H and O–H groups in total. The molecule has 21 heavy (non-hydrogen) atoms. The summed E-state index contributed by atoms with van der Waals surface area (Å²) >= 11 is 1.72. The molecule has 2 aromatic heterocycles. The number of hydrogen-bond donors (Lipinski definition) is 0. The first-order valence-electron chi connectivity index (χ1n) is 7.21. The van der Waals surface area contributed by atoms with Crippen molar-refractivity contribution in [3.63, 3.8) is 0 Å². The summed E-state index contributed by atoms with van der Waals surface area (Å²) in [7, 11) is 3.80. The lowest BCUT2D eigenvalue weighted by Gasteiger charge is -2.26. The molecule has 0 unspecified atom stereocenters. The largest absolute Gasteiger partial charge is 0.340 e. The highest BCUT2D eigenvalue weighted by Gasteiger charge is 2.30. The number of aryl methyl sites for hydroxylation is 3. The van der Waals surface area contributed by atoms with Crippen LogP contribution in [0.4, 0.5) is 0 Å². The fourth-order valence-corrected chi connectivity index (χ4v) is 3.85. The van der Waals surface area contributed by atoms with E-state index in [1.807, 2.05) is 19.0 Å². The van der Waals surface area contributed by atoms with Gasteiger partial charge in [0.1, 0.15) is 0 Å². The zero-order valence-corrected chi connectivity index (χ0v) is 13.5. The van der Waals surface area contributed by atoms with Gasteiger partial charge in [0.2, 0.25) is 5.91 Å². The molecule has 3 rings (SSSR count). The van der Waals surface area contributed by atoms with Crippen LogP contribution in [0, 0.1) is 12.8 Å². The molecule has 0 aliphatic heterocycles. The van der Waals surface area contributed by atoms with E-state index in [1.54, 1.807) is 16.0 Å². The summed E-state index contributed by atoms with van der Waals surface area (Å²) in [5.41, 5.74) is 3.43. The van der Waals surface area contributed by atoms with Crippen LogP contribution in [-0.4, -0.2) is 32.8 Å². The number of aromatic nitrogens is 3. The van der Waals surface area contributed by atoms with Crippen LogP contribution in [0.15, 0.2) is 11.4 Å². The Morgan fingerprint density at radius 2 is 2.38 bits per heavy atom. The van der Waals surface area contributed by atoms with Crippen LogP contribution >= 0.6 is 11.3 Å². The minimum absolute atomic E-state index is 0.0555. The number of fused-ring (bicyclic) bond motifs is 1. The van der Waals surface area contributed by atoms with Crippen molar-refractivity contribution in [1.29, 1.82) is 0 Å². The van der Waals surface area contributed by atoms with E-state index in [2.05, 4.69) is 28.7 Å². The molecule has 0 fully saturated rings. The molecule has 2 heterocycles. The second-order valence-corrected chi connectivity index (χ2v) is 6.77. The Bertz CT molecular complexity index is 660. The molecule has 1 amide bonds. The predicted octanol–water partition coefficient (Wildman–Crippen LogP) is 1.95. The number of amides is 1. The van der Waals surface area contributed by atoms with Crippen molar-refractivity contribution >= 4 is 17.2 Å². The van der Waals surface area contributed by atoms with E-state index >= 15 is 0 Å². The first-order valence-corrected chi connectivity index (χ1v) is 8.09. The van der Waals surface area contributed by atoms with Gasteiger partial charge < -0.3 is 4.90 Å². The predicted molar refractivity (Wildman–Crippen MR) is 82.0 cm³/mol. The molecule has 0 spiro atoms. The van der Waals surface area contributed by atoms with Gasteiger partial charge >= 0.3 is 0 Å². The van der Waals surface area contributed by atoms with Crippen LogP contribution in [0.25, 0.3) is 0 Å². The Morgan fingerprint density at radius 3 is 3.10 bits per heavy atom. The van der Waals surface area contributed by atoms with E-state index in [9.17, 15) is 4.79 Å². The first kappa shape index (κ1) is 14.3. The lowest BCUT2D eigenvalue weighted by molar-refractivity contribution is -0.135. The molecule has 5 nitrogen and oxygen atoms in total. The van der Waals surface area contributed by atoms with Crippen molar-refractivity contribution in [3.8, 4) is 0 Å². The van der Waals surface area contributed by atoms with E-state index in [4.69, 9.17) is 0 Å². The lowest BCUT2D eigenvalue weighted by atomic mass is 9.88. The SMILES string of the molecule is Cc1ccsc1CN(C)C(=O)[C@H]1CCc2nnn(C)c2C1. The summed E-state index contributed by atoms with van der Waals surface area (Å²) < 4.78 is 1.80. The highest BCUT2D eigenvalue weighted by molar-refractivity contribution is 7.10. The average Bonchev–Trinajstić information content (AvgIpc) is 3.05. The van der Waals surface area contributed by atoms with E-state index in [0.717, 1.165) is 30.7 Å². The molecule has 0 saturated heterocycles. The molecule has 0 saturated carbocycles. The van der Waals surface area contributed by atoms with Gasteiger partial charge in [0.05, 0.1) is 17.9 Å². The van der Waals surface area contributed by atoms with Crippen molar-refractivity contribution in [2.75, 3.05) is 7.05 Å². The van der Waals surface area contributed by atoms with Crippen LogP contribution in [-0.2, 0) is 31.2 Å². The van der Waals surface area contributed by atoms with Crippen LogP contribution < -0.4 is 0 Å². The number of rotatable bonds is 3. The van der Waals surface area contributed by atoms with Crippen LogP contribution in [0.5, 0.6) is 0 Å². The summed E-state index contributed by atoms with van der Waals surface area (Å²) in [6, 6.07) is 2.10. The lowest BCUT2D eigenvalue weighted by Crippen LogP contribution is -2.35. The number of carbonyl (C=O) groups excluding carboxylic acids is 1. The van der Waals surface area contributed by atoms with Gasteiger partial charge in [0.15, 0.2) is 0 Å². The summed E-state index contributed by atoms with van der Waals surface area (Å²) in [5, 5.41) is 10.3. The Kier molecular flexibility index (Phi) is 3.80. The highest BCUT2D eigenvalue weighted by Crippen LogP contribution is 2.26. The zero-order chi connectivity index (χ0) is 15.0. The molecule has 0 aromatic carbocycles. The maximum atomic E-state index is 12.7. The van der Waals surface area contributed by atoms with Crippen molar-refractivity contribution in [1.82, 2.24) is 19.9 Å². The minimum atomic E-state index is 0.0555. The molecular formula is C15H20N4OS. The third kappa shape index (κ3) is 2.72. The van der Waals surface area contributed by atoms with Gasteiger partial charge in [-0.1, -0.05) is 5.21 Å². The molecule has 2 aromatic rings. The van der Waals surface area contributed by atoms with Crippen molar-refractivity contribution in [3.05, 3.63) is 33.3 Å². The van der Waals surface area contributed by atoms with Gasteiger partial charge in [0, 0.05) is 31.3 Å². The van der Waals surface area contributed by atoms with Gasteiger partial charge in [-0.15, -0.1) is 16.4 Å². The zero-order valence-electron chi connectivity index (χ0n) is 12.7. The van der Waals surface area contributed by atoms with Crippen molar-refractivity contribution in [2.45, 2.75) is 32.7 Å². The summed E-state index contributed by atoms with van der Waals surface area (Å²) in [6.07, 6.45) is 2.48. The average molecular weight is 304 g/mol. The van der Waals surface area contributed by atoms with E-state index in [-0.39, 0.29) is 11.8 Å². The Labute approximate surface area is 128 Å². The second kappa shape index (κ2) is 5.60. The molecule has 6 heteroatoms. The number of carbonyl (C=O) groups is 1. The highest BCUT2D eigenvalue weighted by atomic mass is 32.1. The van der Waals surface area contributed by atoms with Crippen LogP contribution in [0.3, 0.4) is 0 Å². The maximum Gasteiger partial charge on any atom is 0.226 e. The van der Waals surface area contributed by atoms with E-state index < -0.39 is 0 Å². The first-order chi connectivity index (χ1) is 10.1. The standard InChI is InChI=1S/C15H20N4OS/c1-10-6-7-21-14(10)9-18(2)15(20)11-4-5-12-13(8-11)19(3)17-16-12/h6-7,11H,4-5,8-9H2,1-3H3/t11-/m0/s1. The molecular weight excluding hydrogens is 284 g/mol. The normalized spacial score (nSPS) is 17.6. The summed E-state index contributed by atoms with van der Waals surface area (Å²) in [5.74, 6) is 0.287. The molecule has 1 aliphatic rings. The second-order valence-electron chi connectivity index (χ2n) is 5.77. The third-order valence-electron chi connectivity index (χ3n) is 4.27. The van der Waals surface area contributed by atoms with E-state index in [1.165, 1.54) is 10.4 Å². The number of thiophene rings is 1. The number of nitrogens with zero attached hydrogens (tertiary/aromatic N) is 4. The molecule has 1 aliphatic carbocycles. The van der Waals surface area contributed by atoms with E-state index in [0.29, 0.717) is 6.54 Å². The quantitative estimate of drug-likeness (QED) is 0.871. The minimum Gasteiger partial charge on any atom is -0.340 e. The maximum absolute atomic E-state index is 12.7. The Morgan fingerprint density at radius 1 is 1.57 bits per heavy atom. The fourth-order valence-electron chi connectivity index (χ4n) is 2.89.